The van der Waals surface area contributed by atoms with E-state index in [-0.39, 0.29) is 17.9 Å². The minimum Gasteiger partial charge on any atom is -0.392 e. The van der Waals surface area contributed by atoms with Crippen molar-refractivity contribution in [2.75, 3.05) is 19.8 Å². The highest BCUT2D eigenvalue weighted by atomic mass is 16.7. The van der Waals surface area contributed by atoms with Crippen molar-refractivity contribution in [2.24, 2.45) is 16.7 Å². The molecule has 0 aromatic heterocycles. The maximum Gasteiger partial charge on any atom is 0.169 e. The lowest BCUT2D eigenvalue weighted by Crippen LogP contribution is -2.62. The Balaban J connectivity index is 2.26. The Kier molecular flexibility index (Phi) is 5.24. The largest absolute Gasteiger partial charge is 0.392 e. The SMILES string of the molecule is C/C(C#CC1(O)C(C)CC2(CC1(C)C)OCC(C)(C)CO2)=C/CO. The van der Waals surface area contributed by atoms with Crippen molar-refractivity contribution in [1.29, 1.82) is 0 Å². The first-order valence-electron chi connectivity index (χ1n) is 8.76. The topological polar surface area (TPSA) is 58.9 Å². The van der Waals surface area contributed by atoms with Gasteiger partial charge in [0, 0.05) is 29.6 Å². The first-order chi connectivity index (χ1) is 11.0. The Morgan fingerprint density at radius 3 is 2.29 bits per heavy atom. The predicted molar refractivity (Wildman–Crippen MR) is 94.2 cm³/mol. The van der Waals surface area contributed by atoms with Crippen LogP contribution in [-0.2, 0) is 9.47 Å². The maximum atomic E-state index is 11.3. The third-order valence-electron chi connectivity index (χ3n) is 5.37. The van der Waals surface area contributed by atoms with Crippen LogP contribution in [0.15, 0.2) is 11.6 Å². The Bertz CT molecular complexity index is 554. The lowest BCUT2D eigenvalue weighted by atomic mass is 9.58. The molecule has 1 heterocycles. The fourth-order valence-corrected chi connectivity index (χ4v) is 3.79. The molecule has 1 saturated carbocycles. The molecule has 2 atom stereocenters. The maximum absolute atomic E-state index is 11.3. The zero-order valence-electron chi connectivity index (χ0n) is 15.9. The highest BCUT2D eigenvalue weighted by molar-refractivity contribution is 5.33. The average Bonchev–Trinajstić information content (AvgIpc) is 2.47. The van der Waals surface area contributed by atoms with Gasteiger partial charge in [-0.15, -0.1) is 0 Å². The quantitative estimate of drug-likeness (QED) is 0.723. The molecule has 4 nitrogen and oxygen atoms in total. The van der Waals surface area contributed by atoms with Crippen molar-refractivity contribution in [3.8, 4) is 11.8 Å². The molecule has 1 saturated heterocycles. The van der Waals surface area contributed by atoms with Crippen LogP contribution in [0.1, 0.15) is 54.4 Å². The van der Waals surface area contributed by atoms with Crippen LogP contribution in [0.5, 0.6) is 0 Å². The zero-order chi connectivity index (χ0) is 18.2. The van der Waals surface area contributed by atoms with Gasteiger partial charge in [-0.2, -0.15) is 0 Å². The Hall–Kier alpha value is -0.860. The van der Waals surface area contributed by atoms with Gasteiger partial charge < -0.3 is 19.7 Å². The van der Waals surface area contributed by atoms with Crippen molar-refractivity contribution in [3.63, 3.8) is 0 Å². The van der Waals surface area contributed by atoms with Crippen LogP contribution in [0.3, 0.4) is 0 Å². The highest BCUT2D eigenvalue weighted by Crippen LogP contribution is 2.53. The van der Waals surface area contributed by atoms with Crippen molar-refractivity contribution in [3.05, 3.63) is 11.6 Å². The van der Waals surface area contributed by atoms with Crippen LogP contribution in [0.4, 0.5) is 0 Å². The van der Waals surface area contributed by atoms with E-state index in [0.29, 0.717) is 26.1 Å². The van der Waals surface area contributed by atoms with Gasteiger partial charge in [-0.25, -0.2) is 0 Å². The van der Waals surface area contributed by atoms with Crippen molar-refractivity contribution >= 4 is 0 Å². The van der Waals surface area contributed by atoms with E-state index < -0.39 is 16.8 Å². The second-order valence-electron chi connectivity index (χ2n) is 8.90. The average molecular weight is 336 g/mol. The predicted octanol–water partition coefficient (Wildman–Crippen LogP) is 2.88. The molecule has 24 heavy (non-hydrogen) atoms. The summed E-state index contributed by atoms with van der Waals surface area (Å²) in [6, 6.07) is 0. The fourth-order valence-electron chi connectivity index (χ4n) is 3.79. The highest BCUT2D eigenvalue weighted by Gasteiger charge is 2.59. The first-order valence-corrected chi connectivity index (χ1v) is 8.76. The van der Waals surface area contributed by atoms with Crippen LogP contribution < -0.4 is 0 Å². The van der Waals surface area contributed by atoms with E-state index in [1.165, 1.54) is 0 Å². The molecule has 2 unspecified atom stereocenters. The molecular formula is C20H32O4. The molecule has 2 rings (SSSR count). The summed E-state index contributed by atoms with van der Waals surface area (Å²) in [4.78, 5) is 0. The molecule has 0 amide bonds. The van der Waals surface area contributed by atoms with Crippen LogP contribution in [0.2, 0.25) is 0 Å². The number of hydrogen-bond donors (Lipinski definition) is 2. The summed E-state index contributed by atoms with van der Waals surface area (Å²) < 4.78 is 12.3. The van der Waals surface area contributed by atoms with Crippen LogP contribution in [0, 0.1) is 28.6 Å². The van der Waals surface area contributed by atoms with E-state index in [4.69, 9.17) is 14.6 Å². The van der Waals surface area contributed by atoms with E-state index in [1.807, 2.05) is 27.7 Å². The summed E-state index contributed by atoms with van der Waals surface area (Å²) in [5.74, 6) is 5.37. The molecule has 2 N–H and O–H groups in total. The summed E-state index contributed by atoms with van der Waals surface area (Å²) in [5, 5.41) is 20.3. The number of aliphatic hydroxyl groups excluding tert-OH is 1. The molecule has 0 aromatic carbocycles. The number of hydrogen-bond acceptors (Lipinski definition) is 4. The van der Waals surface area contributed by atoms with Gasteiger partial charge in [0.15, 0.2) is 5.79 Å². The smallest absolute Gasteiger partial charge is 0.169 e. The van der Waals surface area contributed by atoms with Crippen molar-refractivity contribution in [2.45, 2.75) is 65.8 Å². The molecule has 0 radical (unpaired) electrons. The van der Waals surface area contributed by atoms with E-state index in [9.17, 15) is 5.11 Å². The molecule has 1 aliphatic carbocycles. The van der Waals surface area contributed by atoms with Crippen molar-refractivity contribution in [1.82, 2.24) is 0 Å². The summed E-state index contributed by atoms with van der Waals surface area (Å²) in [5.41, 5.74) is -0.805. The van der Waals surface area contributed by atoms with Crippen LogP contribution in [0.25, 0.3) is 0 Å². The molecule has 0 bridgehead atoms. The molecule has 136 valence electrons. The number of aliphatic hydroxyl groups is 2. The third kappa shape index (κ3) is 3.70. The van der Waals surface area contributed by atoms with E-state index in [2.05, 4.69) is 25.7 Å². The third-order valence-corrected chi connectivity index (χ3v) is 5.37. The lowest BCUT2D eigenvalue weighted by Gasteiger charge is -2.56. The molecule has 2 fully saturated rings. The van der Waals surface area contributed by atoms with Gasteiger partial charge in [-0.05, 0) is 18.6 Å². The Labute approximate surface area is 146 Å². The summed E-state index contributed by atoms with van der Waals surface area (Å²) >= 11 is 0. The molecule has 1 spiro atoms. The zero-order valence-corrected chi connectivity index (χ0v) is 15.9. The van der Waals surface area contributed by atoms with E-state index in [0.717, 1.165) is 5.57 Å². The second kappa shape index (κ2) is 6.46. The molecule has 4 heteroatoms. The standard InChI is InChI=1S/C20H32O4/c1-15(8-10-21)7-9-20(22)16(2)11-19(12-18(20,5)6)23-13-17(3,4)14-24-19/h8,16,21-22H,10-14H2,1-6H3/b15-8-. The summed E-state index contributed by atoms with van der Waals surface area (Å²) in [7, 11) is 0. The molecular weight excluding hydrogens is 304 g/mol. The minimum absolute atomic E-state index is 0.0262. The van der Waals surface area contributed by atoms with Gasteiger partial charge in [0.25, 0.3) is 0 Å². The van der Waals surface area contributed by atoms with Gasteiger partial charge in [-0.1, -0.05) is 46.5 Å². The van der Waals surface area contributed by atoms with Gasteiger partial charge in [0.2, 0.25) is 0 Å². The summed E-state index contributed by atoms with van der Waals surface area (Å²) in [6.07, 6.45) is 2.88. The van der Waals surface area contributed by atoms with E-state index in [1.54, 1.807) is 6.08 Å². The lowest BCUT2D eigenvalue weighted by molar-refractivity contribution is -0.341. The van der Waals surface area contributed by atoms with Gasteiger partial charge in [0.05, 0.1) is 19.8 Å². The molecule has 2 aliphatic rings. The van der Waals surface area contributed by atoms with Crippen LogP contribution >= 0.6 is 0 Å². The van der Waals surface area contributed by atoms with Crippen molar-refractivity contribution < 1.29 is 19.7 Å². The minimum atomic E-state index is -1.12. The van der Waals surface area contributed by atoms with Gasteiger partial charge in [0.1, 0.15) is 5.60 Å². The Morgan fingerprint density at radius 2 is 1.79 bits per heavy atom. The first kappa shape index (κ1) is 19.5. The normalized spacial score (nSPS) is 34.5. The second-order valence-corrected chi connectivity index (χ2v) is 8.90. The van der Waals surface area contributed by atoms with E-state index >= 15 is 0 Å². The van der Waals surface area contributed by atoms with Gasteiger partial charge in [-0.3, -0.25) is 0 Å². The Morgan fingerprint density at radius 1 is 1.21 bits per heavy atom. The van der Waals surface area contributed by atoms with Crippen LogP contribution in [-0.4, -0.2) is 41.4 Å². The number of allylic oxidation sites excluding steroid dienone is 1. The number of ether oxygens (including phenoxy) is 2. The summed E-state index contributed by atoms with van der Waals surface area (Å²) in [6.45, 7) is 13.5. The fraction of sp³-hybridized carbons (Fsp3) is 0.800. The molecule has 0 aromatic rings. The number of rotatable bonds is 1. The molecule has 1 aliphatic heterocycles. The van der Waals surface area contributed by atoms with Gasteiger partial charge >= 0.3 is 0 Å². The monoisotopic (exact) mass is 336 g/mol.